The van der Waals surface area contributed by atoms with Crippen LogP contribution in [0.5, 0.6) is 0 Å². The summed E-state index contributed by atoms with van der Waals surface area (Å²) < 4.78 is 0. The second-order valence-electron chi connectivity index (χ2n) is 11.3. The number of nitrogens with zero attached hydrogens (tertiary/aromatic N) is 2. The van der Waals surface area contributed by atoms with E-state index in [0.717, 1.165) is 43.0 Å². The molecule has 1 saturated carbocycles. The van der Waals surface area contributed by atoms with Crippen LogP contribution < -0.4 is 10.6 Å². The maximum Gasteiger partial charge on any atom is 0.315 e. The van der Waals surface area contributed by atoms with Gasteiger partial charge in [-0.15, -0.1) is 0 Å². The van der Waals surface area contributed by atoms with Crippen molar-refractivity contribution in [3.8, 4) is 17.2 Å². The van der Waals surface area contributed by atoms with Gasteiger partial charge in [0.15, 0.2) is 0 Å². The number of urea groups is 1. The van der Waals surface area contributed by atoms with Gasteiger partial charge in [-0.3, -0.25) is 0 Å². The summed E-state index contributed by atoms with van der Waals surface area (Å²) in [6.45, 7) is 5.73. The molecule has 0 bridgehead atoms. The van der Waals surface area contributed by atoms with Crippen molar-refractivity contribution in [2.24, 2.45) is 5.92 Å². The summed E-state index contributed by atoms with van der Waals surface area (Å²) in [5.74, 6) is 0.867. The number of piperidine rings is 1. The number of carbonyl (C=O) groups is 1. The molecule has 38 heavy (non-hydrogen) atoms. The number of carbonyl (C=O) groups excluding carboxylic acids is 1. The lowest BCUT2D eigenvalue weighted by Crippen LogP contribution is -2.54. The third-order valence-corrected chi connectivity index (χ3v) is 8.58. The topological polar surface area (TPSA) is 68.2 Å². The van der Waals surface area contributed by atoms with Crippen LogP contribution in [0, 0.1) is 17.2 Å². The molecule has 198 valence electrons. The number of nitriles is 1. The quantitative estimate of drug-likeness (QED) is 0.405. The first-order valence-corrected chi connectivity index (χ1v) is 14.2. The third kappa shape index (κ3) is 6.43. The maximum absolute atomic E-state index is 13.1. The zero-order valence-corrected chi connectivity index (χ0v) is 23.3. The van der Waals surface area contributed by atoms with Crippen LogP contribution in [-0.2, 0) is 5.41 Å². The van der Waals surface area contributed by atoms with Crippen LogP contribution in [0.2, 0.25) is 0 Å². The van der Waals surface area contributed by atoms with Gasteiger partial charge < -0.3 is 15.5 Å². The van der Waals surface area contributed by atoms with E-state index in [2.05, 4.69) is 45.9 Å². The summed E-state index contributed by atoms with van der Waals surface area (Å²) in [5.41, 5.74) is 3.22. The Balaban J connectivity index is 1.31. The Labute approximate surface area is 235 Å². The molecule has 1 atom stereocenters. The minimum atomic E-state index is -0.632. The number of hydrogen-bond acceptors (Lipinski definition) is 3. The molecule has 2 N–H and O–H groups in total. The van der Waals surface area contributed by atoms with E-state index in [0.29, 0.717) is 28.6 Å². The zero-order valence-electron chi connectivity index (χ0n) is 21.8. The summed E-state index contributed by atoms with van der Waals surface area (Å²) in [6, 6.07) is 18.3. The van der Waals surface area contributed by atoms with Gasteiger partial charge >= 0.3 is 6.03 Å². The van der Waals surface area contributed by atoms with Crippen molar-refractivity contribution in [2.45, 2.75) is 50.0 Å². The van der Waals surface area contributed by atoms with E-state index in [1.807, 2.05) is 37.3 Å². The van der Waals surface area contributed by atoms with Crippen molar-refractivity contribution < 1.29 is 4.79 Å². The first-order valence-electron chi connectivity index (χ1n) is 13.4. The lowest BCUT2D eigenvalue weighted by atomic mass is 9.72. The molecular formula is C31H34Cl2N4O. The molecule has 1 saturated heterocycles. The van der Waals surface area contributed by atoms with E-state index in [1.165, 1.54) is 24.9 Å². The van der Waals surface area contributed by atoms with Gasteiger partial charge in [-0.2, -0.15) is 5.26 Å². The number of halogens is 2. The van der Waals surface area contributed by atoms with Crippen LogP contribution in [0.4, 0.5) is 4.79 Å². The van der Waals surface area contributed by atoms with E-state index in [9.17, 15) is 10.1 Å². The van der Waals surface area contributed by atoms with Gasteiger partial charge in [0.2, 0.25) is 0 Å². The third-order valence-electron chi connectivity index (χ3n) is 8.12. The number of hydrogen-bond donors (Lipinski definition) is 2. The highest BCUT2D eigenvalue weighted by molar-refractivity contribution is 6.35. The molecule has 2 amide bonds. The smallest absolute Gasteiger partial charge is 0.315 e. The molecule has 2 fully saturated rings. The van der Waals surface area contributed by atoms with Crippen LogP contribution >= 0.6 is 23.2 Å². The fourth-order valence-corrected chi connectivity index (χ4v) is 6.59. The standard InChI is InChI=1S/C31H34Cl2N4O/c1-30(17-27(32)16-28(33)18-30)36-29(38)35-21-31(11-13-37(14-12-31)20-22-5-6-22)26-9-7-24(8-10-26)25-4-2-3-23(15-25)19-34/h2-4,7-10,15-17,22H,5-6,11-14,18,20-21H2,1H3,(H2,35,36,38). The SMILES string of the molecule is CC1(NC(=O)NCC2(c3ccc(-c4cccc(C#N)c4)cc3)CCN(CC3CC3)CC2)C=C(Cl)C=C(Cl)C1. The first kappa shape index (κ1) is 26.8. The van der Waals surface area contributed by atoms with E-state index >= 15 is 0 Å². The largest absolute Gasteiger partial charge is 0.337 e. The van der Waals surface area contributed by atoms with Crippen molar-refractivity contribution in [1.29, 1.82) is 5.26 Å². The van der Waals surface area contributed by atoms with Gasteiger partial charge in [-0.25, -0.2) is 4.79 Å². The molecule has 0 spiro atoms. The van der Waals surface area contributed by atoms with Crippen molar-refractivity contribution >= 4 is 29.2 Å². The van der Waals surface area contributed by atoms with E-state index in [1.54, 1.807) is 6.08 Å². The minimum absolute atomic E-state index is 0.150. The summed E-state index contributed by atoms with van der Waals surface area (Å²) in [4.78, 5) is 15.7. The molecule has 1 aliphatic heterocycles. The predicted octanol–water partition coefficient (Wildman–Crippen LogP) is 6.68. The first-order chi connectivity index (χ1) is 18.3. The second kappa shape index (κ2) is 11.1. The highest BCUT2D eigenvalue weighted by Gasteiger charge is 2.38. The lowest BCUT2D eigenvalue weighted by molar-refractivity contribution is 0.151. The van der Waals surface area contributed by atoms with E-state index < -0.39 is 5.54 Å². The second-order valence-corrected chi connectivity index (χ2v) is 12.2. The van der Waals surface area contributed by atoms with Gasteiger partial charge in [0, 0.05) is 35.0 Å². The van der Waals surface area contributed by atoms with Gasteiger partial charge in [0.1, 0.15) is 0 Å². The van der Waals surface area contributed by atoms with E-state index in [4.69, 9.17) is 23.2 Å². The Morgan fingerprint density at radius 1 is 1.11 bits per heavy atom. The van der Waals surface area contributed by atoms with Crippen molar-refractivity contribution in [3.05, 3.63) is 81.9 Å². The molecule has 7 heteroatoms. The maximum atomic E-state index is 13.1. The zero-order chi connectivity index (χ0) is 26.8. The van der Waals surface area contributed by atoms with Crippen LogP contribution in [0.25, 0.3) is 11.1 Å². The number of rotatable bonds is 7. The summed E-state index contributed by atoms with van der Waals surface area (Å²) in [5, 5.41) is 16.7. The fraction of sp³-hybridized carbons (Fsp3) is 0.419. The number of likely N-dealkylation sites (tertiary alicyclic amines) is 1. The summed E-state index contributed by atoms with van der Waals surface area (Å²) >= 11 is 12.5. The normalized spacial score (nSPS) is 23.1. The molecule has 1 heterocycles. The van der Waals surface area contributed by atoms with Gasteiger partial charge in [0.05, 0.1) is 17.2 Å². The predicted molar refractivity (Wildman–Crippen MR) is 154 cm³/mol. The molecular weight excluding hydrogens is 515 g/mol. The Morgan fingerprint density at radius 2 is 1.84 bits per heavy atom. The van der Waals surface area contributed by atoms with Crippen LogP contribution in [-0.4, -0.2) is 42.6 Å². The van der Waals surface area contributed by atoms with Gasteiger partial charge in [-0.05, 0) is 92.6 Å². The molecule has 2 aromatic carbocycles. The van der Waals surface area contributed by atoms with Crippen LogP contribution in [0.1, 0.15) is 50.2 Å². The number of benzene rings is 2. The monoisotopic (exact) mass is 548 g/mol. The number of allylic oxidation sites excluding steroid dienone is 2. The summed E-state index contributed by atoms with van der Waals surface area (Å²) in [7, 11) is 0. The number of nitrogens with one attached hydrogen (secondary N) is 2. The average molecular weight is 550 g/mol. The van der Waals surface area contributed by atoms with Crippen LogP contribution in [0.15, 0.2) is 70.7 Å². The molecule has 0 aromatic heterocycles. The van der Waals surface area contributed by atoms with E-state index in [-0.39, 0.29) is 11.4 Å². The molecule has 3 aliphatic rings. The molecule has 1 unspecified atom stereocenters. The highest BCUT2D eigenvalue weighted by atomic mass is 35.5. The average Bonchev–Trinajstić information content (AvgIpc) is 3.71. The lowest BCUT2D eigenvalue weighted by Gasteiger charge is -2.43. The van der Waals surface area contributed by atoms with Gasteiger partial charge in [0.25, 0.3) is 0 Å². The number of amides is 2. The Kier molecular flexibility index (Phi) is 7.86. The Morgan fingerprint density at radius 3 is 2.50 bits per heavy atom. The van der Waals surface area contributed by atoms with Gasteiger partial charge in [-0.1, -0.05) is 59.6 Å². The van der Waals surface area contributed by atoms with Crippen molar-refractivity contribution in [1.82, 2.24) is 15.5 Å². The van der Waals surface area contributed by atoms with Crippen molar-refractivity contribution in [2.75, 3.05) is 26.2 Å². The Bertz CT molecular complexity index is 1280. The molecule has 5 nitrogen and oxygen atoms in total. The molecule has 5 rings (SSSR count). The van der Waals surface area contributed by atoms with Crippen molar-refractivity contribution in [3.63, 3.8) is 0 Å². The summed E-state index contributed by atoms with van der Waals surface area (Å²) in [6.07, 6.45) is 8.75. The fourth-order valence-electron chi connectivity index (χ4n) is 5.76. The van der Waals surface area contributed by atoms with Crippen LogP contribution in [0.3, 0.4) is 0 Å². The molecule has 2 aromatic rings. The minimum Gasteiger partial charge on any atom is -0.337 e. The Hall–Kier alpha value is -2.78. The highest BCUT2D eigenvalue weighted by Crippen LogP contribution is 2.38. The molecule has 0 radical (unpaired) electrons. The molecule has 2 aliphatic carbocycles.